The van der Waals surface area contributed by atoms with Crippen molar-refractivity contribution in [2.75, 3.05) is 14.2 Å². The molecule has 30 heavy (non-hydrogen) atoms. The topological polar surface area (TPSA) is 77.0 Å². The molecule has 0 heterocycles. The number of rotatable bonds is 6. The van der Waals surface area contributed by atoms with Crippen LogP contribution >= 0.6 is 0 Å². The van der Waals surface area contributed by atoms with Crippen molar-refractivity contribution in [3.8, 4) is 11.5 Å². The minimum absolute atomic E-state index is 0.143. The first-order chi connectivity index (χ1) is 14.5. The summed E-state index contributed by atoms with van der Waals surface area (Å²) in [5, 5.41) is 7.60. The molecule has 0 radical (unpaired) electrons. The molecule has 0 saturated carbocycles. The van der Waals surface area contributed by atoms with Crippen molar-refractivity contribution in [3.63, 3.8) is 0 Å². The summed E-state index contributed by atoms with van der Waals surface area (Å²) in [6.45, 7) is 0. The zero-order chi connectivity index (χ0) is 21.1. The van der Waals surface area contributed by atoms with Crippen LogP contribution in [0.3, 0.4) is 0 Å². The molecule has 152 valence electrons. The molecule has 0 fully saturated rings. The average molecular weight is 420 g/mol. The molecule has 0 aliphatic rings. The molecule has 0 aliphatic carbocycles. The lowest BCUT2D eigenvalue weighted by Gasteiger charge is -2.10. The Bertz CT molecular complexity index is 1360. The number of nitrogens with zero attached hydrogens (tertiary/aromatic N) is 1. The summed E-state index contributed by atoms with van der Waals surface area (Å²) >= 11 is 0. The van der Waals surface area contributed by atoms with Gasteiger partial charge in [0.05, 0.1) is 25.3 Å². The minimum atomic E-state index is -3.82. The highest BCUT2D eigenvalue weighted by Crippen LogP contribution is 2.29. The zero-order valence-electron chi connectivity index (χ0n) is 16.5. The molecular weight excluding hydrogens is 400 g/mol. The Morgan fingerprint density at radius 1 is 0.833 bits per heavy atom. The summed E-state index contributed by atoms with van der Waals surface area (Å²) in [5.41, 5.74) is 0.648. The fourth-order valence-corrected chi connectivity index (χ4v) is 4.11. The maximum absolute atomic E-state index is 12.7. The summed E-state index contributed by atoms with van der Waals surface area (Å²) in [6, 6.07) is 21.9. The van der Waals surface area contributed by atoms with Crippen molar-refractivity contribution < 1.29 is 17.9 Å². The van der Waals surface area contributed by atoms with Gasteiger partial charge in [-0.05, 0) is 51.9 Å². The summed E-state index contributed by atoms with van der Waals surface area (Å²) in [4.78, 5) is 2.43. The number of sulfonamides is 1. The van der Waals surface area contributed by atoms with Gasteiger partial charge < -0.3 is 9.47 Å². The predicted octanol–water partition coefficient (Wildman–Crippen LogP) is 4.32. The van der Waals surface area contributed by atoms with Crippen LogP contribution in [0.5, 0.6) is 11.5 Å². The van der Waals surface area contributed by atoms with Crippen molar-refractivity contribution in [2.24, 2.45) is 5.10 Å². The number of methoxy groups -OCH3 is 2. The molecule has 4 aromatic rings. The Morgan fingerprint density at radius 2 is 1.57 bits per heavy atom. The molecule has 0 unspecified atom stereocenters. The van der Waals surface area contributed by atoms with E-state index in [0.717, 1.165) is 21.5 Å². The van der Waals surface area contributed by atoms with Crippen LogP contribution in [-0.2, 0) is 10.0 Å². The molecule has 6 nitrogen and oxygen atoms in total. The SMILES string of the molecule is COc1ccc2ccc(OC)c(/C=N/NS(=O)(=O)c3ccc4ccccc4c3)c2c1. The largest absolute Gasteiger partial charge is 0.497 e. The molecule has 4 aromatic carbocycles. The molecule has 0 aromatic heterocycles. The summed E-state index contributed by atoms with van der Waals surface area (Å²) < 4.78 is 36.2. The van der Waals surface area contributed by atoms with E-state index in [1.54, 1.807) is 32.4 Å². The highest BCUT2D eigenvalue weighted by atomic mass is 32.2. The third-order valence-corrected chi connectivity index (χ3v) is 6.07. The Labute approximate surface area is 174 Å². The van der Waals surface area contributed by atoms with Crippen LogP contribution in [0.4, 0.5) is 0 Å². The van der Waals surface area contributed by atoms with Gasteiger partial charge in [-0.25, -0.2) is 4.83 Å². The molecule has 1 N–H and O–H groups in total. The fraction of sp³-hybridized carbons (Fsp3) is 0.0870. The van der Waals surface area contributed by atoms with Gasteiger partial charge in [0.2, 0.25) is 0 Å². The molecule has 0 bridgehead atoms. The number of fused-ring (bicyclic) bond motifs is 2. The van der Waals surface area contributed by atoms with Crippen LogP contribution in [0.15, 0.2) is 82.8 Å². The van der Waals surface area contributed by atoms with Gasteiger partial charge in [-0.1, -0.05) is 42.5 Å². The second-order valence-corrected chi connectivity index (χ2v) is 8.29. The summed E-state index contributed by atoms with van der Waals surface area (Å²) in [6.07, 6.45) is 1.44. The minimum Gasteiger partial charge on any atom is -0.497 e. The zero-order valence-corrected chi connectivity index (χ0v) is 17.3. The normalized spacial score (nSPS) is 11.8. The van der Waals surface area contributed by atoms with E-state index in [9.17, 15) is 8.42 Å². The molecule has 7 heteroatoms. The molecule has 0 saturated heterocycles. The van der Waals surface area contributed by atoms with Crippen LogP contribution in [-0.4, -0.2) is 28.9 Å². The number of hydrogen-bond acceptors (Lipinski definition) is 5. The third-order valence-electron chi connectivity index (χ3n) is 4.85. The van der Waals surface area contributed by atoms with Gasteiger partial charge in [-0.3, -0.25) is 0 Å². The Kier molecular flexibility index (Phi) is 5.29. The van der Waals surface area contributed by atoms with Gasteiger partial charge in [0, 0.05) is 5.56 Å². The van der Waals surface area contributed by atoms with E-state index < -0.39 is 10.0 Å². The van der Waals surface area contributed by atoms with Crippen LogP contribution in [0, 0.1) is 0 Å². The first kappa shape index (κ1) is 19.7. The third kappa shape index (κ3) is 3.79. The molecule has 0 atom stereocenters. The van der Waals surface area contributed by atoms with Gasteiger partial charge in [-0.15, -0.1) is 0 Å². The Hall–Kier alpha value is -3.58. The highest BCUT2D eigenvalue weighted by Gasteiger charge is 2.14. The number of hydrogen-bond donors (Lipinski definition) is 1. The van der Waals surface area contributed by atoms with Crippen molar-refractivity contribution in [1.82, 2.24) is 4.83 Å². The van der Waals surface area contributed by atoms with Crippen LogP contribution < -0.4 is 14.3 Å². The number of ether oxygens (including phenoxy) is 2. The molecule has 0 aliphatic heterocycles. The van der Waals surface area contributed by atoms with Crippen molar-refractivity contribution in [1.29, 1.82) is 0 Å². The Balaban J connectivity index is 1.68. The molecule has 0 amide bonds. The van der Waals surface area contributed by atoms with Crippen LogP contribution in [0.1, 0.15) is 5.56 Å². The lowest BCUT2D eigenvalue weighted by molar-refractivity contribution is 0.413. The molecule has 4 rings (SSSR count). The monoisotopic (exact) mass is 420 g/mol. The Morgan fingerprint density at radius 3 is 2.33 bits per heavy atom. The first-order valence-corrected chi connectivity index (χ1v) is 10.7. The van der Waals surface area contributed by atoms with Gasteiger partial charge >= 0.3 is 0 Å². The van der Waals surface area contributed by atoms with Gasteiger partial charge in [0.1, 0.15) is 11.5 Å². The van der Waals surface area contributed by atoms with Gasteiger partial charge in [0.15, 0.2) is 0 Å². The van der Waals surface area contributed by atoms with Gasteiger partial charge in [-0.2, -0.15) is 13.5 Å². The average Bonchev–Trinajstić information content (AvgIpc) is 2.78. The fourth-order valence-electron chi connectivity index (χ4n) is 3.29. The quantitative estimate of drug-likeness (QED) is 0.372. The van der Waals surface area contributed by atoms with E-state index >= 15 is 0 Å². The van der Waals surface area contributed by atoms with E-state index in [4.69, 9.17) is 9.47 Å². The highest BCUT2D eigenvalue weighted by molar-refractivity contribution is 7.89. The number of hydrazone groups is 1. The summed E-state index contributed by atoms with van der Waals surface area (Å²) in [5.74, 6) is 1.26. The predicted molar refractivity (Wildman–Crippen MR) is 119 cm³/mol. The standard InChI is InChI=1S/C23H20N2O4S/c1-28-19-10-7-17-9-12-23(29-2)22(21(17)14-19)15-24-25-30(26,27)20-11-8-16-5-3-4-6-18(16)13-20/h3-15,25H,1-2H3/b24-15+. The van der Waals surface area contributed by atoms with E-state index in [0.29, 0.717) is 17.1 Å². The second kappa shape index (κ2) is 8.04. The maximum Gasteiger partial charge on any atom is 0.276 e. The van der Waals surface area contributed by atoms with E-state index in [-0.39, 0.29) is 4.90 Å². The smallest absolute Gasteiger partial charge is 0.276 e. The van der Waals surface area contributed by atoms with Crippen molar-refractivity contribution in [2.45, 2.75) is 4.90 Å². The maximum atomic E-state index is 12.7. The van der Waals surface area contributed by atoms with Crippen molar-refractivity contribution >= 4 is 37.8 Å². The molecular formula is C23H20N2O4S. The summed E-state index contributed by atoms with van der Waals surface area (Å²) in [7, 11) is -0.677. The number of benzene rings is 4. The van der Waals surface area contributed by atoms with Crippen LogP contribution in [0.2, 0.25) is 0 Å². The number of nitrogens with one attached hydrogen (secondary N) is 1. The second-order valence-electron chi connectivity index (χ2n) is 6.63. The van der Waals surface area contributed by atoms with E-state index in [1.807, 2.05) is 54.6 Å². The first-order valence-electron chi connectivity index (χ1n) is 9.20. The van der Waals surface area contributed by atoms with Crippen molar-refractivity contribution in [3.05, 3.63) is 78.4 Å². The van der Waals surface area contributed by atoms with Gasteiger partial charge in [0.25, 0.3) is 10.0 Å². The lowest BCUT2D eigenvalue weighted by Crippen LogP contribution is -2.18. The van der Waals surface area contributed by atoms with E-state index in [2.05, 4.69) is 9.93 Å². The van der Waals surface area contributed by atoms with Crippen LogP contribution in [0.25, 0.3) is 21.5 Å². The molecule has 0 spiro atoms. The van der Waals surface area contributed by atoms with E-state index in [1.165, 1.54) is 6.21 Å². The lowest BCUT2D eigenvalue weighted by atomic mass is 10.0.